The lowest BCUT2D eigenvalue weighted by Gasteiger charge is -2.01. The van der Waals surface area contributed by atoms with E-state index in [1.165, 1.54) is 12.7 Å². The predicted molar refractivity (Wildman–Crippen MR) is 63.0 cm³/mol. The molecule has 0 atom stereocenters. The second-order valence-corrected chi connectivity index (χ2v) is 3.85. The van der Waals surface area contributed by atoms with E-state index in [-0.39, 0.29) is 5.97 Å². The van der Waals surface area contributed by atoms with Crippen molar-refractivity contribution in [2.75, 3.05) is 7.11 Å². The molecule has 0 fully saturated rings. The fraction of sp³-hybridized carbons (Fsp3) is 0.538. The summed E-state index contributed by atoms with van der Waals surface area (Å²) in [4.78, 5) is 14.9. The molecule has 3 nitrogen and oxygen atoms in total. The number of hydrogen-bond donors (Lipinski definition) is 0. The molecule has 0 radical (unpaired) electrons. The molecule has 0 spiro atoms. The van der Waals surface area contributed by atoms with Gasteiger partial charge in [0.1, 0.15) is 0 Å². The number of pyridine rings is 1. The van der Waals surface area contributed by atoms with Crippen molar-refractivity contribution in [2.45, 2.75) is 38.5 Å². The van der Waals surface area contributed by atoms with Gasteiger partial charge in [-0.05, 0) is 30.9 Å². The Labute approximate surface area is 96.8 Å². The van der Waals surface area contributed by atoms with Gasteiger partial charge in [-0.3, -0.25) is 9.78 Å². The maximum absolute atomic E-state index is 10.8. The smallest absolute Gasteiger partial charge is 0.305 e. The molecule has 0 saturated heterocycles. The lowest BCUT2D eigenvalue weighted by molar-refractivity contribution is -0.140. The van der Waals surface area contributed by atoms with Crippen molar-refractivity contribution in [1.29, 1.82) is 0 Å². The minimum absolute atomic E-state index is 0.104. The van der Waals surface area contributed by atoms with Gasteiger partial charge in [0.25, 0.3) is 0 Å². The largest absolute Gasteiger partial charge is 0.469 e. The van der Waals surface area contributed by atoms with E-state index in [4.69, 9.17) is 0 Å². The summed E-state index contributed by atoms with van der Waals surface area (Å²) < 4.78 is 4.58. The Morgan fingerprint density at radius 3 is 2.81 bits per heavy atom. The van der Waals surface area contributed by atoms with Crippen molar-refractivity contribution in [3.63, 3.8) is 0 Å². The fourth-order valence-electron chi connectivity index (χ4n) is 1.60. The number of hydrogen-bond acceptors (Lipinski definition) is 3. The van der Waals surface area contributed by atoms with Crippen LogP contribution in [0.15, 0.2) is 24.5 Å². The molecule has 0 N–H and O–H groups in total. The van der Waals surface area contributed by atoms with Gasteiger partial charge in [-0.2, -0.15) is 0 Å². The highest BCUT2D eigenvalue weighted by atomic mass is 16.5. The number of methoxy groups -OCH3 is 1. The molecule has 0 aliphatic carbocycles. The molecule has 1 aromatic heterocycles. The average molecular weight is 221 g/mol. The minimum atomic E-state index is -0.104. The lowest BCUT2D eigenvalue weighted by Crippen LogP contribution is -1.99. The molecular formula is C13H19NO2. The van der Waals surface area contributed by atoms with Crippen molar-refractivity contribution in [3.8, 4) is 0 Å². The van der Waals surface area contributed by atoms with Gasteiger partial charge < -0.3 is 4.74 Å². The van der Waals surface area contributed by atoms with E-state index in [2.05, 4.69) is 15.8 Å². The number of nitrogens with zero attached hydrogens (tertiary/aromatic N) is 1. The van der Waals surface area contributed by atoms with E-state index in [1.54, 1.807) is 6.20 Å². The number of esters is 1. The number of ether oxygens (including phenoxy) is 1. The second kappa shape index (κ2) is 7.85. The summed E-state index contributed by atoms with van der Waals surface area (Å²) in [5.74, 6) is -0.104. The molecule has 0 aliphatic rings. The Kier molecular flexibility index (Phi) is 6.23. The summed E-state index contributed by atoms with van der Waals surface area (Å²) in [6, 6.07) is 4.06. The van der Waals surface area contributed by atoms with Crippen LogP contribution in [-0.2, 0) is 16.0 Å². The van der Waals surface area contributed by atoms with Crippen LogP contribution in [0.3, 0.4) is 0 Å². The molecule has 0 bridgehead atoms. The van der Waals surface area contributed by atoms with Crippen molar-refractivity contribution >= 4 is 5.97 Å². The van der Waals surface area contributed by atoms with Crippen LogP contribution >= 0.6 is 0 Å². The third-order valence-corrected chi connectivity index (χ3v) is 2.55. The molecule has 0 amide bonds. The van der Waals surface area contributed by atoms with Crippen LogP contribution in [0.5, 0.6) is 0 Å². The number of aryl methyl sites for hydroxylation is 1. The molecule has 1 rings (SSSR count). The van der Waals surface area contributed by atoms with Gasteiger partial charge in [0.15, 0.2) is 0 Å². The van der Waals surface area contributed by atoms with Gasteiger partial charge >= 0.3 is 5.97 Å². The zero-order valence-corrected chi connectivity index (χ0v) is 9.82. The molecule has 88 valence electrons. The lowest BCUT2D eigenvalue weighted by atomic mass is 10.1. The summed E-state index contributed by atoms with van der Waals surface area (Å²) in [7, 11) is 1.44. The van der Waals surface area contributed by atoms with E-state index >= 15 is 0 Å². The molecule has 1 aromatic rings. The minimum Gasteiger partial charge on any atom is -0.469 e. The molecule has 0 aliphatic heterocycles. The fourth-order valence-corrected chi connectivity index (χ4v) is 1.60. The number of rotatable bonds is 7. The van der Waals surface area contributed by atoms with Crippen molar-refractivity contribution in [3.05, 3.63) is 30.1 Å². The molecule has 0 saturated carbocycles. The van der Waals surface area contributed by atoms with Crippen molar-refractivity contribution < 1.29 is 9.53 Å². The Bertz CT molecular complexity index is 298. The first kappa shape index (κ1) is 12.7. The van der Waals surface area contributed by atoms with Crippen LogP contribution in [0.1, 0.15) is 37.7 Å². The van der Waals surface area contributed by atoms with E-state index in [9.17, 15) is 4.79 Å². The molecule has 3 heteroatoms. The van der Waals surface area contributed by atoms with Gasteiger partial charge in [-0.25, -0.2) is 0 Å². The zero-order valence-electron chi connectivity index (χ0n) is 9.82. The van der Waals surface area contributed by atoms with Gasteiger partial charge in [-0.15, -0.1) is 0 Å². The highest BCUT2D eigenvalue weighted by molar-refractivity contribution is 5.68. The van der Waals surface area contributed by atoms with E-state index < -0.39 is 0 Å². The Balaban J connectivity index is 1.98. The maximum atomic E-state index is 10.8. The Hall–Kier alpha value is -1.38. The van der Waals surface area contributed by atoms with Gasteiger partial charge in [0.2, 0.25) is 0 Å². The Morgan fingerprint density at radius 1 is 1.31 bits per heavy atom. The first-order chi connectivity index (χ1) is 7.83. The van der Waals surface area contributed by atoms with Crippen LogP contribution in [-0.4, -0.2) is 18.1 Å². The molecule has 0 unspecified atom stereocenters. The molecule has 1 heterocycles. The standard InChI is InChI=1S/C13H19NO2/c1-16-13(15)9-5-3-2-4-7-12-8-6-10-14-11-12/h6,8,10-11H,2-5,7,9H2,1H3. The number of carbonyl (C=O) groups excluding carboxylic acids is 1. The highest BCUT2D eigenvalue weighted by Crippen LogP contribution is 2.08. The van der Waals surface area contributed by atoms with Crippen LogP contribution in [0.4, 0.5) is 0 Å². The van der Waals surface area contributed by atoms with Crippen LogP contribution < -0.4 is 0 Å². The normalized spacial score (nSPS) is 10.1. The summed E-state index contributed by atoms with van der Waals surface area (Å²) in [5, 5.41) is 0. The summed E-state index contributed by atoms with van der Waals surface area (Å²) in [6.45, 7) is 0. The summed E-state index contributed by atoms with van der Waals surface area (Å²) in [5.41, 5.74) is 1.29. The Morgan fingerprint density at radius 2 is 2.12 bits per heavy atom. The SMILES string of the molecule is COC(=O)CCCCCCc1cccnc1. The van der Waals surface area contributed by atoms with Crippen LogP contribution in [0, 0.1) is 0 Å². The third-order valence-electron chi connectivity index (χ3n) is 2.55. The summed E-state index contributed by atoms with van der Waals surface area (Å²) >= 11 is 0. The monoisotopic (exact) mass is 221 g/mol. The van der Waals surface area contributed by atoms with Gasteiger partial charge in [-0.1, -0.05) is 18.9 Å². The quantitative estimate of drug-likeness (QED) is 0.525. The average Bonchev–Trinajstić information content (AvgIpc) is 2.34. The van der Waals surface area contributed by atoms with Crippen LogP contribution in [0.25, 0.3) is 0 Å². The molecular weight excluding hydrogens is 202 g/mol. The topological polar surface area (TPSA) is 39.2 Å². The maximum Gasteiger partial charge on any atom is 0.305 e. The molecule has 16 heavy (non-hydrogen) atoms. The van der Waals surface area contributed by atoms with Crippen molar-refractivity contribution in [1.82, 2.24) is 4.98 Å². The highest BCUT2D eigenvalue weighted by Gasteiger charge is 1.99. The molecule has 0 aromatic carbocycles. The number of unbranched alkanes of at least 4 members (excludes halogenated alkanes) is 3. The number of carbonyl (C=O) groups is 1. The van der Waals surface area contributed by atoms with Crippen LogP contribution in [0.2, 0.25) is 0 Å². The predicted octanol–water partition coefficient (Wildman–Crippen LogP) is 2.75. The van der Waals surface area contributed by atoms with Gasteiger partial charge in [0.05, 0.1) is 7.11 Å². The van der Waals surface area contributed by atoms with E-state index in [0.29, 0.717) is 6.42 Å². The van der Waals surface area contributed by atoms with E-state index in [1.807, 2.05) is 12.3 Å². The zero-order chi connectivity index (χ0) is 11.6. The van der Waals surface area contributed by atoms with Crippen molar-refractivity contribution in [2.24, 2.45) is 0 Å². The first-order valence-corrected chi connectivity index (χ1v) is 5.78. The van der Waals surface area contributed by atoms with E-state index in [0.717, 1.165) is 32.1 Å². The summed E-state index contributed by atoms with van der Waals surface area (Å²) in [6.07, 6.45) is 9.66. The number of aromatic nitrogens is 1. The third kappa shape index (κ3) is 5.49. The van der Waals surface area contributed by atoms with Gasteiger partial charge in [0, 0.05) is 18.8 Å². The first-order valence-electron chi connectivity index (χ1n) is 5.78. The second-order valence-electron chi connectivity index (χ2n) is 3.85.